The largest absolute Gasteiger partial charge is 0.489 e. The minimum absolute atomic E-state index is 0.0979. The van der Waals surface area contributed by atoms with Crippen LogP contribution in [0.4, 0.5) is 13.2 Å². The molecule has 0 aliphatic carbocycles. The summed E-state index contributed by atoms with van der Waals surface area (Å²) in [6, 6.07) is 19.0. The minimum atomic E-state index is -4.37. The Hall–Kier alpha value is -3.91. The van der Waals surface area contributed by atoms with Crippen molar-refractivity contribution in [1.82, 2.24) is 4.90 Å². The van der Waals surface area contributed by atoms with Gasteiger partial charge in [0.1, 0.15) is 18.1 Å². The SMILES string of the molecule is Cc1cc(OC/C=C(\c2ccc(C#CCN3CCC(O)CC3)cc2)c2ccc(SC(F)(F)F)cc2)ccc1OC(C)C(=O)O. The average molecular weight is 626 g/mol. The van der Waals surface area contributed by atoms with Gasteiger partial charge in [0.2, 0.25) is 0 Å². The van der Waals surface area contributed by atoms with Crippen molar-refractivity contribution in [2.24, 2.45) is 0 Å². The normalized spacial score (nSPS) is 15.3. The van der Waals surface area contributed by atoms with Crippen molar-refractivity contribution in [3.05, 3.63) is 95.1 Å². The number of rotatable bonds is 10. The van der Waals surface area contributed by atoms with Crippen LogP contribution in [0.5, 0.6) is 11.5 Å². The van der Waals surface area contributed by atoms with E-state index in [-0.39, 0.29) is 29.4 Å². The Kier molecular flexibility index (Phi) is 11.4. The number of aliphatic carboxylic acids is 1. The van der Waals surface area contributed by atoms with Crippen LogP contribution in [0, 0.1) is 18.8 Å². The average Bonchev–Trinajstić information content (AvgIpc) is 2.98. The fourth-order valence-corrected chi connectivity index (χ4v) is 5.15. The molecule has 1 atom stereocenters. The summed E-state index contributed by atoms with van der Waals surface area (Å²) in [5, 5.41) is 18.8. The smallest absolute Gasteiger partial charge is 0.446 e. The van der Waals surface area contributed by atoms with Crippen LogP contribution in [-0.2, 0) is 4.79 Å². The van der Waals surface area contributed by atoms with Crippen molar-refractivity contribution >= 4 is 23.3 Å². The second kappa shape index (κ2) is 15.2. The molecule has 1 heterocycles. The number of benzene rings is 3. The van der Waals surface area contributed by atoms with Crippen LogP contribution >= 0.6 is 11.8 Å². The van der Waals surface area contributed by atoms with Crippen molar-refractivity contribution in [1.29, 1.82) is 0 Å². The third-order valence-electron chi connectivity index (χ3n) is 7.02. The Morgan fingerprint density at radius 3 is 2.30 bits per heavy atom. The Bertz CT molecular complexity index is 1500. The number of piperidine rings is 1. The van der Waals surface area contributed by atoms with Gasteiger partial charge >= 0.3 is 11.5 Å². The summed E-state index contributed by atoms with van der Waals surface area (Å²) in [6.45, 7) is 5.70. The van der Waals surface area contributed by atoms with Gasteiger partial charge in [-0.3, -0.25) is 4.90 Å². The topological polar surface area (TPSA) is 79.2 Å². The van der Waals surface area contributed by atoms with Gasteiger partial charge in [-0.15, -0.1) is 0 Å². The summed E-state index contributed by atoms with van der Waals surface area (Å²) < 4.78 is 50.0. The van der Waals surface area contributed by atoms with Crippen molar-refractivity contribution < 1.29 is 37.7 Å². The van der Waals surface area contributed by atoms with E-state index >= 15 is 0 Å². The number of ether oxygens (including phenoxy) is 2. The molecule has 1 aliphatic heterocycles. The Labute approximate surface area is 259 Å². The predicted molar refractivity (Wildman–Crippen MR) is 165 cm³/mol. The first kappa shape index (κ1) is 33.0. The van der Waals surface area contributed by atoms with Crippen LogP contribution in [-0.4, -0.2) is 65.0 Å². The van der Waals surface area contributed by atoms with Gasteiger partial charge in [0.15, 0.2) is 6.10 Å². The molecule has 1 saturated heterocycles. The van der Waals surface area contributed by atoms with Crippen LogP contribution in [0.15, 0.2) is 77.7 Å². The molecule has 1 aliphatic rings. The van der Waals surface area contributed by atoms with Crippen LogP contribution in [0.25, 0.3) is 5.57 Å². The molecule has 3 aromatic rings. The van der Waals surface area contributed by atoms with Gasteiger partial charge in [0, 0.05) is 23.5 Å². The monoisotopic (exact) mass is 625 g/mol. The van der Waals surface area contributed by atoms with Gasteiger partial charge < -0.3 is 19.7 Å². The lowest BCUT2D eigenvalue weighted by atomic mass is 9.97. The molecule has 1 unspecified atom stereocenters. The van der Waals surface area contributed by atoms with E-state index in [2.05, 4.69) is 16.7 Å². The lowest BCUT2D eigenvalue weighted by molar-refractivity contribution is -0.144. The summed E-state index contributed by atoms with van der Waals surface area (Å²) in [4.78, 5) is 13.4. The molecule has 232 valence electrons. The van der Waals surface area contributed by atoms with E-state index in [9.17, 15) is 23.1 Å². The number of carboxylic acid groups (broad SMARTS) is 1. The number of aliphatic hydroxyl groups excluding tert-OH is 1. The maximum Gasteiger partial charge on any atom is 0.446 e. The van der Waals surface area contributed by atoms with E-state index < -0.39 is 17.6 Å². The van der Waals surface area contributed by atoms with E-state index in [1.165, 1.54) is 19.1 Å². The molecule has 0 aromatic heterocycles. The fourth-order valence-electron chi connectivity index (χ4n) is 4.61. The zero-order chi connectivity index (χ0) is 31.7. The van der Waals surface area contributed by atoms with Gasteiger partial charge in [0.05, 0.1) is 12.6 Å². The van der Waals surface area contributed by atoms with Gasteiger partial charge in [-0.2, -0.15) is 13.2 Å². The molecule has 0 saturated carbocycles. The maximum absolute atomic E-state index is 12.9. The van der Waals surface area contributed by atoms with Gasteiger partial charge in [-0.1, -0.05) is 36.1 Å². The first-order valence-electron chi connectivity index (χ1n) is 14.2. The summed E-state index contributed by atoms with van der Waals surface area (Å²) >= 11 is -0.159. The fraction of sp³-hybridized carbons (Fsp3) is 0.324. The predicted octanol–water partition coefficient (Wildman–Crippen LogP) is 6.78. The van der Waals surface area contributed by atoms with Crippen LogP contribution in [0.2, 0.25) is 0 Å². The van der Waals surface area contributed by atoms with Crippen LogP contribution in [0.1, 0.15) is 42.0 Å². The molecule has 1 fully saturated rings. The third kappa shape index (κ3) is 10.1. The van der Waals surface area contributed by atoms with E-state index in [0.29, 0.717) is 23.6 Å². The summed E-state index contributed by atoms with van der Waals surface area (Å²) in [5.74, 6) is 6.31. The van der Waals surface area contributed by atoms with E-state index in [0.717, 1.165) is 48.2 Å². The van der Waals surface area contributed by atoms with Crippen molar-refractivity contribution in [2.45, 2.75) is 49.3 Å². The standard InChI is InChI=1S/C34H34F3NO5S/c1-23-22-29(11-14-32(23)43-24(2)33(40)41)42-21-17-31(27-9-12-30(13-10-27)44-34(35,36)37)26-7-5-25(6-8-26)4-3-18-38-19-15-28(39)16-20-38/h5-14,17,22,24,28,39H,15-16,18-21H2,1-2H3,(H,40,41)/b31-17+. The lowest BCUT2D eigenvalue weighted by Gasteiger charge is -2.27. The van der Waals surface area contributed by atoms with Crippen molar-refractivity contribution in [3.63, 3.8) is 0 Å². The zero-order valence-electron chi connectivity index (χ0n) is 24.4. The molecule has 0 radical (unpaired) electrons. The Morgan fingerprint density at radius 1 is 1.07 bits per heavy atom. The van der Waals surface area contributed by atoms with E-state index in [1.54, 1.807) is 37.3 Å². The number of nitrogens with zero attached hydrogens (tertiary/aromatic N) is 1. The molecular weight excluding hydrogens is 591 g/mol. The number of thioether (sulfide) groups is 1. The van der Waals surface area contributed by atoms with Crippen molar-refractivity contribution in [2.75, 3.05) is 26.2 Å². The number of halogens is 3. The highest BCUT2D eigenvalue weighted by Crippen LogP contribution is 2.37. The second-order valence-corrected chi connectivity index (χ2v) is 11.6. The molecule has 0 bridgehead atoms. The van der Waals surface area contributed by atoms with Gasteiger partial charge in [0.25, 0.3) is 0 Å². The van der Waals surface area contributed by atoms with E-state index in [1.807, 2.05) is 30.3 Å². The number of aliphatic hydroxyl groups is 1. The summed E-state index contributed by atoms with van der Waals surface area (Å²) in [7, 11) is 0. The number of carboxylic acids is 1. The lowest BCUT2D eigenvalue weighted by Crippen LogP contribution is -2.35. The number of aryl methyl sites for hydroxylation is 1. The van der Waals surface area contributed by atoms with Gasteiger partial charge in [-0.25, -0.2) is 4.79 Å². The highest BCUT2D eigenvalue weighted by Gasteiger charge is 2.29. The number of alkyl halides is 3. The first-order chi connectivity index (χ1) is 21.0. The molecule has 0 amide bonds. The molecule has 0 spiro atoms. The maximum atomic E-state index is 12.9. The molecule has 3 aromatic carbocycles. The Balaban J connectivity index is 1.50. The number of likely N-dealkylation sites (tertiary alicyclic amines) is 1. The summed E-state index contributed by atoms with van der Waals surface area (Å²) in [6.07, 6.45) is 2.17. The number of hydrogen-bond acceptors (Lipinski definition) is 6. The highest BCUT2D eigenvalue weighted by molar-refractivity contribution is 8.00. The molecule has 2 N–H and O–H groups in total. The minimum Gasteiger partial charge on any atom is -0.489 e. The van der Waals surface area contributed by atoms with Crippen molar-refractivity contribution in [3.8, 4) is 23.3 Å². The molecule has 6 nitrogen and oxygen atoms in total. The van der Waals surface area contributed by atoms with Gasteiger partial charge in [-0.05, 0) is 109 Å². The molecule has 4 rings (SSSR count). The molecule has 44 heavy (non-hydrogen) atoms. The van der Waals surface area contributed by atoms with E-state index in [4.69, 9.17) is 14.6 Å². The molecule has 10 heteroatoms. The quantitative estimate of drug-likeness (QED) is 0.190. The van der Waals surface area contributed by atoms with Crippen LogP contribution < -0.4 is 9.47 Å². The Morgan fingerprint density at radius 2 is 1.70 bits per heavy atom. The van der Waals surface area contributed by atoms with Crippen LogP contribution in [0.3, 0.4) is 0 Å². The zero-order valence-corrected chi connectivity index (χ0v) is 25.3. The third-order valence-corrected chi connectivity index (χ3v) is 7.76. The number of hydrogen-bond donors (Lipinski definition) is 2. The first-order valence-corrected chi connectivity index (χ1v) is 15.0. The highest BCUT2D eigenvalue weighted by atomic mass is 32.2. The summed E-state index contributed by atoms with van der Waals surface area (Å²) in [5.41, 5.74) is -0.450. The number of carbonyl (C=O) groups is 1. The second-order valence-electron chi connectivity index (χ2n) is 10.4. The molecular formula is C34H34F3NO5S.